The number of primary amides is 1. The van der Waals surface area contributed by atoms with E-state index in [1.807, 2.05) is 13.8 Å². The predicted molar refractivity (Wildman–Crippen MR) is 138 cm³/mol. The Morgan fingerprint density at radius 3 is 1.97 bits per heavy atom. The number of rotatable bonds is 17. The summed E-state index contributed by atoms with van der Waals surface area (Å²) in [4.78, 5) is 61.6. The summed E-state index contributed by atoms with van der Waals surface area (Å²) in [5, 5.41) is 17.3. The fourth-order valence-electron chi connectivity index (χ4n) is 3.65. The number of nitrogens with two attached hydrogens (primary N) is 3. The van der Waals surface area contributed by atoms with Gasteiger partial charge in [0.25, 0.3) is 0 Å². The Hall–Kier alpha value is -3.51. The largest absolute Gasteiger partial charge is 0.480 e. The van der Waals surface area contributed by atoms with E-state index in [-0.39, 0.29) is 31.6 Å². The van der Waals surface area contributed by atoms with E-state index >= 15 is 0 Å². The molecule has 0 saturated heterocycles. The standard InChI is InChI=1S/C25H40N6O6/c1-15(2)12-19(24(35)31-20(25(36)37)13-16-8-4-3-5-9-16)30-23(34)18(10-6-7-11-26)29-22(33)17(27)14-21(28)32/h3-5,8-9,15,17-20H,6-7,10-14,26-27H2,1-2H3,(H2,28,32)(H,29,33)(H,30,34)(H,31,35)(H,36,37). The second-order valence-electron chi connectivity index (χ2n) is 9.40. The lowest BCUT2D eigenvalue weighted by Gasteiger charge is -2.26. The molecular weight excluding hydrogens is 480 g/mol. The molecule has 0 heterocycles. The van der Waals surface area contributed by atoms with Crippen molar-refractivity contribution in [2.75, 3.05) is 6.54 Å². The van der Waals surface area contributed by atoms with Crippen LogP contribution >= 0.6 is 0 Å². The molecule has 1 aromatic carbocycles. The highest BCUT2D eigenvalue weighted by Crippen LogP contribution is 2.10. The van der Waals surface area contributed by atoms with Crippen molar-refractivity contribution < 1.29 is 29.1 Å². The molecule has 0 aromatic heterocycles. The molecule has 37 heavy (non-hydrogen) atoms. The molecule has 10 N–H and O–H groups in total. The lowest BCUT2D eigenvalue weighted by Crippen LogP contribution is -2.57. The van der Waals surface area contributed by atoms with E-state index in [2.05, 4.69) is 16.0 Å². The van der Waals surface area contributed by atoms with Crippen molar-refractivity contribution >= 4 is 29.6 Å². The number of hydrogen-bond acceptors (Lipinski definition) is 7. The van der Waals surface area contributed by atoms with Gasteiger partial charge < -0.3 is 38.3 Å². The van der Waals surface area contributed by atoms with Crippen molar-refractivity contribution in [3.63, 3.8) is 0 Å². The Labute approximate surface area is 217 Å². The van der Waals surface area contributed by atoms with Crippen LogP contribution in [-0.2, 0) is 30.4 Å². The Bertz CT molecular complexity index is 910. The van der Waals surface area contributed by atoms with Crippen LogP contribution in [0.5, 0.6) is 0 Å². The monoisotopic (exact) mass is 520 g/mol. The molecule has 1 aromatic rings. The van der Waals surface area contributed by atoms with Crippen molar-refractivity contribution in [2.24, 2.45) is 23.1 Å². The number of carbonyl (C=O) groups excluding carboxylic acids is 4. The van der Waals surface area contributed by atoms with E-state index in [1.165, 1.54) is 0 Å². The summed E-state index contributed by atoms with van der Waals surface area (Å²) < 4.78 is 0. The number of carbonyl (C=O) groups is 5. The van der Waals surface area contributed by atoms with Gasteiger partial charge in [0.15, 0.2) is 0 Å². The SMILES string of the molecule is CC(C)CC(NC(=O)C(CCCCN)NC(=O)C(N)CC(N)=O)C(=O)NC(Cc1ccccc1)C(=O)O. The maximum atomic E-state index is 13.1. The van der Waals surface area contributed by atoms with E-state index in [0.29, 0.717) is 19.4 Å². The number of carboxylic acid groups (broad SMARTS) is 1. The molecular formula is C25H40N6O6. The second-order valence-corrected chi connectivity index (χ2v) is 9.40. The minimum Gasteiger partial charge on any atom is -0.480 e. The number of aliphatic carboxylic acids is 1. The van der Waals surface area contributed by atoms with Crippen molar-refractivity contribution in [1.82, 2.24) is 16.0 Å². The minimum atomic E-state index is -1.23. The van der Waals surface area contributed by atoms with Crippen LogP contribution in [0.2, 0.25) is 0 Å². The third-order valence-electron chi connectivity index (χ3n) is 5.58. The van der Waals surface area contributed by atoms with Gasteiger partial charge >= 0.3 is 5.97 Å². The zero-order valence-corrected chi connectivity index (χ0v) is 21.4. The van der Waals surface area contributed by atoms with Gasteiger partial charge in [0, 0.05) is 6.42 Å². The third kappa shape index (κ3) is 12.3. The first-order chi connectivity index (χ1) is 17.4. The average Bonchev–Trinajstić information content (AvgIpc) is 2.82. The van der Waals surface area contributed by atoms with Gasteiger partial charge in [0.1, 0.15) is 18.1 Å². The van der Waals surface area contributed by atoms with Crippen LogP contribution in [0.15, 0.2) is 30.3 Å². The molecule has 206 valence electrons. The molecule has 0 saturated carbocycles. The summed E-state index contributed by atoms with van der Waals surface area (Å²) in [6, 6.07) is 4.34. The van der Waals surface area contributed by atoms with Crippen molar-refractivity contribution in [1.29, 1.82) is 0 Å². The average molecular weight is 521 g/mol. The number of carboxylic acids is 1. The molecule has 4 amide bonds. The predicted octanol–water partition coefficient (Wildman–Crippen LogP) is -0.854. The highest BCUT2D eigenvalue weighted by molar-refractivity contribution is 5.95. The van der Waals surface area contributed by atoms with Gasteiger partial charge in [-0.05, 0) is 43.7 Å². The highest BCUT2D eigenvalue weighted by atomic mass is 16.4. The maximum Gasteiger partial charge on any atom is 0.326 e. The van der Waals surface area contributed by atoms with Gasteiger partial charge in [-0.1, -0.05) is 44.2 Å². The van der Waals surface area contributed by atoms with Crippen LogP contribution < -0.4 is 33.2 Å². The number of benzene rings is 1. The Morgan fingerprint density at radius 1 is 0.865 bits per heavy atom. The highest BCUT2D eigenvalue weighted by Gasteiger charge is 2.31. The minimum absolute atomic E-state index is 0.0114. The lowest BCUT2D eigenvalue weighted by atomic mass is 10.0. The molecule has 12 nitrogen and oxygen atoms in total. The molecule has 0 aliphatic rings. The number of unbranched alkanes of at least 4 members (excludes halogenated alkanes) is 1. The molecule has 0 fully saturated rings. The zero-order chi connectivity index (χ0) is 28.0. The summed E-state index contributed by atoms with van der Waals surface area (Å²) in [6.07, 6.45) is 1.25. The smallest absolute Gasteiger partial charge is 0.326 e. The quantitative estimate of drug-likeness (QED) is 0.128. The van der Waals surface area contributed by atoms with E-state index in [1.54, 1.807) is 30.3 Å². The molecule has 12 heteroatoms. The normalized spacial score (nSPS) is 14.2. The van der Waals surface area contributed by atoms with Crippen LogP contribution in [-0.4, -0.2) is 65.4 Å². The summed E-state index contributed by atoms with van der Waals surface area (Å²) in [6.45, 7) is 4.10. The van der Waals surface area contributed by atoms with Gasteiger partial charge in [0.2, 0.25) is 23.6 Å². The first-order valence-corrected chi connectivity index (χ1v) is 12.4. The zero-order valence-electron chi connectivity index (χ0n) is 21.4. The molecule has 4 unspecified atom stereocenters. The van der Waals surface area contributed by atoms with Crippen LogP contribution in [0.4, 0.5) is 0 Å². The Morgan fingerprint density at radius 2 is 1.43 bits per heavy atom. The maximum absolute atomic E-state index is 13.1. The number of amides is 4. The Kier molecular flexibility index (Phi) is 13.9. The Balaban J connectivity index is 3.00. The number of hydrogen-bond donors (Lipinski definition) is 7. The fourth-order valence-corrected chi connectivity index (χ4v) is 3.65. The molecule has 0 bridgehead atoms. The first kappa shape index (κ1) is 31.5. The molecule has 1 rings (SSSR count). The van der Waals surface area contributed by atoms with Crippen molar-refractivity contribution in [2.45, 2.75) is 76.5 Å². The summed E-state index contributed by atoms with van der Waals surface area (Å²) in [5.74, 6) is -3.99. The van der Waals surface area contributed by atoms with Gasteiger partial charge in [-0.3, -0.25) is 19.2 Å². The summed E-state index contributed by atoms with van der Waals surface area (Å²) in [7, 11) is 0. The number of nitrogens with one attached hydrogen (secondary N) is 3. The topological polar surface area (TPSA) is 220 Å². The molecule has 0 radical (unpaired) electrons. The van der Waals surface area contributed by atoms with Gasteiger partial charge in [0.05, 0.1) is 12.5 Å². The van der Waals surface area contributed by atoms with Crippen molar-refractivity contribution in [3.05, 3.63) is 35.9 Å². The van der Waals surface area contributed by atoms with Gasteiger partial charge in [-0.25, -0.2) is 4.79 Å². The summed E-state index contributed by atoms with van der Waals surface area (Å²) in [5.41, 5.74) is 17.1. The van der Waals surface area contributed by atoms with Crippen molar-refractivity contribution in [3.8, 4) is 0 Å². The van der Waals surface area contributed by atoms with Gasteiger partial charge in [-0.15, -0.1) is 0 Å². The van der Waals surface area contributed by atoms with Crippen LogP contribution in [0.25, 0.3) is 0 Å². The van der Waals surface area contributed by atoms with E-state index < -0.39 is 53.8 Å². The van der Waals surface area contributed by atoms with E-state index in [0.717, 1.165) is 5.56 Å². The molecule has 0 aliphatic carbocycles. The lowest BCUT2D eigenvalue weighted by molar-refractivity contribution is -0.142. The summed E-state index contributed by atoms with van der Waals surface area (Å²) >= 11 is 0. The fraction of sp³-hybridized carbons (Fsp3) is 0.560. The van der Waals surface area contributed by atoms with E-state index in [4.69, 9.17) is 17.2 Å². The molecule has 4 atom stereocenters. The van der Waals surface area contributed by atoms with E-state index in [9.17, 15) is 29.1 Å². The third-order valence-corrected chi connectivity index (χ3v) is 5.58. The second kappa shape index (κ2) is 16.3. The molecule has 0 aliphatic heterocycles. The van der Waals surface area contributed by atoms with Crippen LogP contribution in [0.1, 0.15) is 51.5 Å². The van der Waals surface area contributed by atoms with Crippen LogP contribution in [0.3, 0.4) is 0 Å². The van der Waals surface area contributed by atoms with Gasteiger partial charge in [-0.2, -0.15) is 0 Å². The molecule has 0 spiro atoms. The van der Waals surface area contributed by atoms with Crippen LogP contribution in [0, 0.1) is 5.92 Å². The first-order valence-electron chi connectivity index (χ1n) is 12.4.